The molecule has 2 amide bonds. The van der Waals surface area contributed by atoms with Gasteiger partial charge >= 0.3 is 6.03 Å². The van der Waals surface area contributed by atoms with Crippen molar-refractivity contribution in [3.8, 4) is 11.5 Å². The Bertz CT molecular complexity index is 866. The van der Waals surface area contributed by atoms with Crippen LogP contribution in [-0.2, 0) is 13.1 Å². The van der Waals surface area contributed by atoms with E-state index < -0.39 is 0 Å². The minimum Gasteiger partial charge on any atom is -0.497 e. The van der Waals surface area contributed by atoms with E-state index in [-0.39, 0.29) is 6.03 Å². The molecule has 7 nitrogen and oxygen atoms in total. The Morgan fingerprint density at radius 1 is 1.11 bits per heavy atom. The molecular weight excluding hydrogens is 346 g/mol. The van der Waals surface area contributed by atoms with Crippen molar-refractivity contribution < 1.29 is 18.7 Å². The van der Waals surface area contributed by atoms with Gasteiger partial charge in [0.2, 0.25) is 0 Å². The molecule has 140 valence electrons. The van der Waals surface area contributed by atoms with Crippen LogP contribution in [0.1, 0.15) is 11.3 Å². The summed E-state index contributed by atoms with van der Waals surface area (Å²) in [5.74, 6) is 1.86. The number of ether oxygens (including phenoxy) is 2. The molecule has 7 heteroatoms. The number of pyridine rings is 1. The van der Waals surface area contributed by atoms with Gasteiger partial charge in [0.15, 0.2) is 0 Å². The van der Waals surface area contributed by atoms with Gasteiger partial charge in [-0.1, -0.05) is 0 Å². The maximum absolute atomic E-state index is 12.9. The van der Waals surface area contributed by atoms with Gasteiger partial charge in [-0.3, -0.25) is 4.98 Å². The van der Waals surface area contributed by atoms with E-state index in [0.29, 0.717) is 36.0 Å². The number of rotatable bonds is 7. The number of nitrogens with one attached hydrogen (secondary N) is 1. The highest BCUT2D eigenvalue weighted by molar-refractivity contribution is 5.91. The third-order valence-electron chi connectivity index (χ3n) is 3.99. The first-order valence-electron chi connectivity index (χ1n) is 8.39. The summed E-state index contributed by atoms with van der Waals surface area (Å²) < 4.78 is 15.9. The van der Waals surface area contributed by atoms with Crippen molar-refractivity contribution in [2.75, 3.05) is 19.5 Å². The highest BCUT2D eigenvalue weighted by atomic mass is 16.5. The van der Waals surface area contributed by atoms with Crippen LogP contribution in [0.5, 0.6) is 11.5 Å². The molecule has 0 aliphatic carbocycles. The molecule has 0 aliphatic rings. The number of benzene rings is 1. The van der Waals surface area contributed by atoms with Crippen molar-refractivity contribution in [1.29, 1.82) is 0 Å². The van der Waals surface area contributed by atoms with Gasteiger partial charge in [-0.05, 0) is 42.0 Å². The van der Waals surface area contributed by atoms with Crippen molar-refractivity contribution in [3.05, 3.63) is 72.4 Å². The van der Waals surface area contributed by atoms with Crippen LogP contribution in [0, 0.1) is 0 Å². The molecule has 3 aromatic rings. The Kier molecular flexibility index (Phi) is 5.94. The fraction of sp³-hybridized carbons (Fsp3) is 0.200. The number of hydrogen-bond donors (Lipinski definition) is 1. The number of anilines is 1. The summed E-state index contributed by atoms with van der Waals surface area (Å²) in [7, 11) is 3.12. The maximum Gasteiger partial charge on any atom is 0.322 e. The third-order valence-corrected chi connectivity index (χ3v) is 3.99. The van der Waals surface area contributed by atoms with E-state index in [0.717, 1.165) is 5.56 Å². The van der Waals surface area contributed by atoms with Gasteiger partial charge in [0.25, 0.3) is 0 Å². The number of aromatic nitrogens is 1. The monoisotopic (exact) mass is 367 g/mol. The van der Waals surface area contributed by atoms with E-state index in [1.54, 1.807) is 62.0 Å². The third kappa shape index (κ3) is 4.78. The molecule has 0 aliphatic heterocycles. The molecule has 0 atom stereocenters. The fourth-order valence-electron chi connectivity index (χ4n) is 2.59. The minimum atomic E-state index is -0.272. The van der Waals surface area contributed by atoms with E-state index in [1.165, 1.54) is 0 Å². The number of amides is 2. The second-order valence-corrected chi connectivity index (χ2v) is 5.79. The largest absolute Gasteiger partial charge is 0.497 e. The zero-order valence-electron chi connectivity index (χ0n) is 15.2. The Hall–Kier alpha value is -3.48. The van der Waals surface area contributed by atoms with Crippen molar-refractivity contribution in [2.24, 2.45) is 0 Å². The molecular formula is C20H21N3O4. The zero-order chi connectivity index (χ0) is 19.1. The Labute approximate surface area is 157 Å². The number of carbonyl (C=O) groups is 1. The second-order valence-electron chi connectivity index (χ2n) is 5.79. The van der Waals surface area contributed by atoms with Crippen LogP contribution in [0.4, 0.5) is 10.5 Å². The van der Waals surface area contributed by atoms with E-state index in [4.69, 9.17) is 13.9 Å². The number of nitrogens with zero attached hydrogens (tertiary/aromatic N) is 2. The molecule has 1 N–H and O–H groups in total. The first kappa shape index (κ1) is 18.3. The second kappa shape index (κ2) is 8.75. The summed E-state index contributed by atoms with van der Waals surface area (Å²) in [4.78, 5) is 18.6. The number of carbonyl (C=O) groups excluding carboxylic acids is 1. The summed E-state index contributed by atoms with van der Waals surface area (Å²) in [6, 6.07) is 12.3. The molecule has 0 saturated heterocycles. The van der Waals surface area contributed by atoms with Gasteiger partial charge < -0.3 is 24.1 Å². The van der Waals surface area contributed by atoms with Crippen molar-refractivity contribution in [3.63, 3.8) is 0 Å². The van der Waals surface area contributed by atoms with Gasteiger partial charge in [-0.15, -0.1) is 0 Å². The standard InChI is InChI=1S/C20H21N3O4/c1-25-16-5-6-18(19(12-16)26-2)22-20(24)23(14-17-4-3-11-27-17)13-15-7-9-21-10-8-15/h3-12H,13-14H2,1-2H3,(H,22,24). The average Bonchev–Trinajstić information content (AvgIpc) is 3.21. The summed E-state index contributed by atoms with van der Waals surface area (Å²) in [5, 5.41) is 2.89. The van der Waals surface area contributed by atoms with Crippen LogP contribution >= 0.6 is 0 Å². The van der Waals surface area contributed by atoms with Gasteiger partial charge in [-0.25, -0.2) is 4.79 Å². The topological polar surface area (TPSA) is 76.8 Å². The van der Waals surface area contributed by atoms with Gasteiger partial charge in [0.1, 0.15) is 17.3 Å². The van der Waals surface area contributed by atoms with Gasteiger partial charge in [0.05, 0.1) is 32.7 Å². The van der Waals surface area contributed by atoms with E-state index in [2.05, 4.69) is 10.3 Å². The van der Waals surface area contributed by atoms with Crippen LogP contribution in [0.2, 0.25) is 0 Å². The Morgan fingerprint density at radius 3 is 2.59 bits per heavy atom. The summed E-state index contributed by atoms with van der Waals surface area (Å²) >= 11 is 0. The van der Waals surface area contributed by atoms with Crippen LogP contribution < -0.4 is 14.8 Å². The smallest absolute Gasteiger partial charge is 0.322 e. The average molecular weight is 367 g/mol. The first-order valence-corrected chi connectivity index (χ1v) is 8.39. The van der Waals surface area contributed by atoms with Crippen LogP contribution in [0.3, 0.4) is 0 Å². The number of furan rings is 1. The molecule has 0 radical (unpaired) electrons. The molecule has 0 fully saturated rings. The molecule has 27 heavy (non-hydrogen) atoms. The zero-order valence-corrected chi connectivity index (χ0v) is 15.2. The first-order chi connectivity index (χ1) is 13.2. The number of hydrogen-bond acceptors (Lipinski definition) is 5. The Morgan fingerprint density at radius 2 is 1.93 bits per heavy atom. The van der Waals surface area contributed by atoms with Crippen LogP contribution in [0.15, 0.2) is 65.5 Å². The summed E-state index contributed by atoms with van der Waals surface area (Å²) in [5.41, 5.74) is 1.52. The lowest BCUT2D eigenvalue weighted by Crippen LogP contribution is -2.34. The highest BCUT2D eigenvalue weighted by Gasteiger charge is 2.18. The Balaban J connectivity index is 1.80. The number of urea groups is 1. The molecule has 0 spiro atoms. The van der Waals surface area contributed by atoms with Gasteiger partial charge in [0, 0.05) is 25.0 Å². The molecule has 0 saturated carbocycles. The van der Waals surface area contributed by atoms with E-state index in [9.17, 15) is 4.79 Å². The van der Waals surface area contributed by atoms with Crippen LogP contribution in [0.25, 0.3) is 0 Å². The predicted octanol–water partition coefficient (Wildman–Crippen LogP) is 3.93. The van der Waals surface area contributed by atoms with E-state index in [1.807, 2.05) is 18.2 Å². The molecule has 3 rings (SSSR count). The number of methoxy groups -OCH3 is 2. The lowest BCUT2D eigenvalue weighted by molar-refractivity contribution is 0.201. The predicted molar refractivity (Wildman–Crippen MR) is 101 cm³/mol. The van der Waals surface area contributed by atoms with Crippen molar-refractivity contribution in [1.82, 2.24) is 9.88 Å². The molecule has 2 heterocycles. The molecule has 0 bridgehead atoms. The van der Waals surface area contributed by atoms with Crippen molar-refractivity contribution >= 4 is 11.7 Å². The minimum absolute atomic E-state index is 0.272. The summed E-state index contributed by atoms with van der Waals surface area (Å²) in [6.45, 7) is 0.743. The maximum atomic E-state index is 12.9. The normalized spacial score (nSPS) is 10.3. The van der Waals surface area contributed by atoms with E-state index >= 15 is 0 Å². The molecule has 1 aromatic carbocycles. The fourth-order valence-corrected chi connectivity index (χ4v) is 2.59. The quantitative estimate of drug-likeness (QED) is 0.685. The van der Waals surface area contributed by atoms with Crippen LogP contribution in [-0.4, -0.2) is 30.1 Å². The highest BCUT2D eigenvalue weighted by Crippen LogP contribution is 2.29. The lowest BCUT2D eigenvalue weighted by atomic mass is 10.2. The molecule has 0 unspecified atom stereocenters. The SMILES string of the molecule is COc1ccc(NC(=O)N(Cc2ccncc2)Cc2ccco2)c(OC)c1. The molecule has 2 aromatic heterocycles. The van der Waals surface area contributed by atoms with Crippen molar-refractivity contribution in [2.45, 2.75) is 13.1 Å². The lowest BCUT2D eigenvalue weighted by Gasteiger charge is -2.23. The summed E-state index contributed by atoms with van der Waals surface area (Å²) in [6.07, 6.45) is 4.99. The van der Waals surface area contributed by atoms with Gasteiger partial charge in [-0.2, -0.15) is 0 Å².